The predicted octanol–water partition coefficient (Wildman–Crippen LogP) is 2.98. The van der Waals surface area contributed by atoms with Crippen LogP contribution in [0.3, 0.4) is 0 Å². The summed E-state index contributed by atoms with van der Waals surface area (Å²) in [6.07, 6.45) is 2.83. The molecule has 2 aromatic carbocycles. The number of allylic oxidation sites excluding steroid dienone is 1. The lowest BCUT2D eigenvalue weighted by molar-refractivity contribution is 0.0686. The monoisotopic (exact) mass is 296 g/mol. The lowest BCUT2D eigenvalue weighted by atomic mass is 10.1. The molecule has 5 heteroatoms. The fourth-order valence-electron chi connectivity index (χ4n) is 1.82. The highest BCUT2D eigenvalue weighted by Gasteiger charge is 2.06. The Morgan fingerprint density at radius 3 is 1.95 bits per heavy atom. The van der Waals surface area contributed by atoms with Crippen molar-refractivity contribution in [1.29, 1.82) is 0 Å². The van der Waals surface area contributed by atoms with Gasteiger partial charge in [0.05, 0.1) is 11.1 Å². The number of carbonyl (C=O) groups excluding carboxylic acids is 1. The molecule has 5 nitrogen and oxygen atoms in total. The maximum Gasteiger partial charge on any atom is 0.335 e. The highest BCUT2D eigenvalue weighted by Crippen LogP contribution is 2.10. The molecular weight excluding hydrogens is 284 g/mol. The Morgan fingerprint density at radius 1 is 0.773 bits per heavy atom. The van der Waals surface area contributed by atoms with Gasteiger partial charge in [0.1, 0.15) is 0 Å². The average Bonchev–Trinajstić information content (AvgIpc) is 2.53. The molecule has 0 saturated carbocycles. The van der Waals surface area contributed by atoms with Crippen molar-refractivity contribution >= 4 is 23.8 Å². The first kappa shape index (κ1) is 15.2. The molecule has 0 bridgehead atoms. The molecule has 0 fully saturated rings. The molecule has 2 rings (SSSR count). The zero-order valence-corrected chi connectivity index (χ0v) is 11.4. The van der Waals surface area contributed by atoms with E-state index in [0.717, 1.165) is 0 Å². The number of hydrogen-bond donors (Lipinski definition) is 2. The first-order chi connectivity index (χ1) is 10.5. The first-order valence-corrected chi connectivity index (χ1v) is 6.36. The maximum absolute atomic E-state index is 12.0. The van der Waals surface area contributed by atoms with Gasteiger partial charge in [-0.25, -0.2) is 9.59 Å². The molecule has 0 unspecified atom stereocenters. The summed E-state index contributed by atoms with van der Waals surface area (Å²) in [5.74, 6) is -2.39. The molecule has 0 radical (unpaired) electrons. The van der Waals surface area contributed by atoms with Crippen LogP contribution in [0, 0.1) is 0 Å². The second-order valence-corrected chi connectivity index (χ2v) is 4.51. The van der Waals surface area contributed by atoms with Gasteiger partial charge in [0, 0.05) is 5.56 Å². The standard InChI is InChI=1S/C17H12O5/c18-15(12-5-7-13(8-6-12)16(19)20)9-4-11-2-1-3-14(10-11)17(21)22/h1-10H,(H,19,20)(H,21,22). The molecule has 2 N–H and O–H groups in total. The van der Waals surface area contributed by atoms with E-state index in [2.05, 4.69) is 0 Å². The van der Waals surface area contributed by atoms with Crippen molar-refractivity contribution in [3.63, 3.8) is 0 Å². The Labute approximate surface area is 126 Å². The summed E-state index contributed by atoms with van der Waals surface area (Å²) in [5, 5.41) is 17.7. The summed E-state index contributed by atoms with van der Waals surface area (Å²) in [7, 11) is 0. The minimum atomic E-state index is -1.06. The Morgan fingerprint density at radius 2 is 1.36 bits per heavy atom. The Kier molecular flexibility index (Phi) is 4.48. The van der Waals surface area contributed by atoms with Gasteiger partial charge in [-0.2, -0.15) is 0 Å². The number of carboxylic acid groups (broad SMARTS) is 2. The third-order valence-corrected chi connectivity index (χ3v) is 2.98. The first-order valence-electron chi connectivity index (χ1n) is 6.36. The fraction of sp³-hybridized carbons (Fsp3) is 0. The highest BCUT2D eigenvalue weighted by molar-refractivity contribution is 6.07. The average molecular weight is 296 g/mol. The van der Waals surface area contributed by atoms with Gasteiger partial charge in [0.25, 0.3) is 0 Å². The minimum absolute atomic E-state index is 0.106. The van der Waals surface area contributed by atoms with Crippen LogP contribution in [0.4, 0.5) is 0 Å². The summed E-state index contributed by atoms with van der Waals surface area (Å²) in [6, 6.07) is 11.8. The molecule has 0 aliphatic rings. The van der Waals surface area contributed by atoms with E-state index in [0.29, 0.717) is 11.1 Å². The van der Waals surface area contributed by atoms with Crippen LogP contribution < -0.4 is 0 Å². The zero-order chi connectivity index (χ0) is 16.1. The van der Waals surface area contributed by atoms with E-state index >= 15 is 0 Å². The number of ketones is 1. The van der Waals surface area contributed by atoms with Crippen LogP contribution in [0.1, 0.15) is 36.6 Å². The van der Waals surface area contributed by atoms with E-state index in [1.807, 2.05) is 0 Å². The molecule has 110 valence electrons. The van der Waals surface area contributed by atoms with Crippen LogP contribution in [0.5, 0.6) is 0 Å². The quantitative estimate of drug-likeness (QED) is 0.653. The van der Waals surface area contributed by atoms with Gasteiger partial charge in [-0.3, -0.25) is 4.79 Å². The molecule has 0 aliphatic carbocycles. The van der Waals surface area contributed by atoms with Crippen molar-refractivity contribution in [3.8, 4) is 0 Å². The van der Waals surface area contributed by atoms with Gasteiger partial charge in [-0.15, -0.1) is 0 Å². The van der Waals surface area contributed by atoms with Gasteiger partial charge < -0.3 is 10.2 Å². The summed E-state index contributed by atoms with van der Waals surface area (Å²) in [6.45, 7) is 0. The summed E-state index contributed by atoms with van der Waals surface area (Å²) >= 11 is 0. The second kappa shape index (κ2) is 6.49. The van der Waals surface area contributed by atoms with Crippen LogP contribution in [-0.4, -0.2) is 27.9 Å². The Bertz CT molecular complexity index is 757. The zero-order valence-electron chi connectivity index (χ0n) is 11.4. The number of carboxylic acids is 2. The largest absolute Gasteiger partial charge is 0.478 e. The van der Waals surface area contributed by atoms with E-state index in [1.165, 1.54) is 48.6 Å². The van der Waals surface area contributed by atoms with Crippen molar-refractivity contribution in [1.82, 2.24) is 0 Å². The normalized spacial score (nSPS) is 10.5. The second-order valence-electron chi connectivity index (χ2n) is 4.51. The van der Waals surface area contributed by atoms with E-state index < -0.39 is 11.9 Å². The number of carbonyl (C=O) groups is 3. The molecule has 0 aromatic heterocycles. The van der Waals surface area contributed by atoms with Gasteiger partial charge in [-0.1, -0.05) is 30.3 Å². The van der Waals surface area contributed by atoms with Crippen LogP contribution in [-0.2, 0) is 0 Å². The van der Waals surface area contributed by atoms with Crippen molar-refractivity contribution < 1.29 is 24.6 Å². The summed E-state index contributed by atoms with van der Waals surface area (Å²) in [4.78, 5) is 33.6. The van der Waals surface area contributed by atoms with Gasteiger partial charge >= 0.3 is 11.9 Å². The van der Waals surface area contributed by atoms with Crippen molar-refractivity contribution in [2.45, 2.75) is 0 Å². The molecule has 0 heterocycles. The van der Waals surface area contributed by atoms with Crippen LogP contribution in [0.2, 0.25) is 0 Å². The van der Waals surface area contributed by atoms with Crippen LogP contribution in [0.25, 0.3) is 6.08 Å². The molecule has 0 atom stereocenters. The molecule has 22 heavy (non-hydrogen) atoms. The lowest BCUT2D eigenvalue weighted by Crippen LogP contribution is -1.99. The lowest BCUT2D eigenvalue weighted by Gasteiger charge is -1.99. The smallest absolute Gasteiger partial charge is 0.335 e. The summed E-state index contributed by atoms with van der Waals surface area (Å²) < 4.78 is 0. The van der Waals surface area contributed by atoms with Crippen LogP contribution in [0.15, 0.2) is 54.6 Å². The minimum Gasteiger partial charge on any atom is -0.478 e. The molecular formula is C17H12O5. The topological polar surface area (TPSA) is 91.7 Å². The Balaban J connectivity index is 2.15. The highest BCUT2D eigenvalue weighted by atomic mass is 16.4. The summed E-state index contributed by atoms with van der Waals surface area (Å²) in [5.41, 5.74) is 1.20. The maximum atomic E-state index is 12.0. The third-order valence-electron chi connectivity index (χ3n) is 2.98. The van der Waals surface area contributed by atoms with E-state index in [4.69, 9.17) is 10.2 Å². The fourth-order valence-corrected chi connectivity index (χ4v) is 1.82. The number of hydrogen-bond acceptors (Lipinski definition) is 3. The molecule has 0 saturated heterocycles. The SMILES string of the molecule is O=C(O)c1ccc(C(=O)C=Cc2cccc(C(=O)O)c2)cc1. The van der Waals surface area contributed by atoms with Crippen molar-refractivity contribution in [2.75, 3.05) is 0 Å². The van der Waals surface area contributed by atoms with Gasteiger partial charge in [0.2, 0.25) is 0 Å². The molecule has 0 spiro atoms. The number of benzene rings is 2. The van der Waals surface area contributed by atoms with Gasteiger partial charge in [-0.05, 0) is 35.9 Å². The van der Waals surface area contributed by atoms with E-state index in [9.17, 15) is 14.4 Å². The predicted molar refractivity (Wildman–Crippen MR) is 80.2 cm³/mol. The molecule has 0 aliphatic heterocycles. The van der Waals surface area contributed by atoms with E-state index in [-0.39, 0.29) is 16.9 Å². The van der Waals surface area contributed by atoms with Crippen molar-refractivity contribution in [2.24, 2.45) is 0 Å². The molecule has 0 amide bonds. The van der Waals surface area contributed by atoms with Crippen LogP contribution >= 0.6 is 0 Å². The van der Waals surface area contributed by atoms with E-state index in [1.54, 1.807) is 12.1 Å². The molecule has 2 aromatic rings. The van der Waals surface area contributed by atoms with Gasteiger partial charge in [0.15, 0.2) is 5.78 Å². The number of aromatic carboxylic acids is 2. The number of rotatable bonds is 5. The van der Waals surface area contributed by atoms with Crippen molar-refractivity contribution in [3.05, 3.63) is 76.9 Å². The third kappa shape index (κ3) is 3.67. The Hall–Kier alpha value is -3.21.